The third kappa shape index (κ3) is 2.49. The largest absolute Gasteiger partial charge is 0.330 e. The van der Waals surface area contributed by atoms with Gasteiger partial charge >= 0.3 is 6.41 Å². The smallest absolute Gasteiger partial charge is 0.312 e. The molecule has 0 saturated heterocycles. The van der Waals surface area contributed by atoms with Crippen molar-refractivity contribution < 1.29 is 4.79 Å². The van der Waals surface area contributed by atoms with Crippen molar-refractivity contribution in [1.29, 1.82) is 0 Å². The van der Waals surface area contributed by atoms with Crippen molar-refractivity contribution in [1.82, 2.24) is 4.90 Å². The predicted molar refractivity (Wildman–Crippen MR) is 37.8 cm³/mol. The lowest BCUT2D eigenvalue weighted by atomic mass is 10.1. The minimum atomic E-state index is -0.0729. The first kappa shape index (κ1) is 8.47. The molecule has 2 nitrogen and oxygen atoms in total. The molecule has 0 N–H and O–H groups in total. The van der Waals surface area contributed by atoms with Crippen LogP contribution in [0.15, 0.2) is 0 Å². The van der Waals surface area contributed by atoms with Gasteiger partial charge in [-0.2, -0.15) is 0 Å². The highest BCUT2D eigenvalue weighted by molar-refractivity contribution is 5.49. The van der Waals surface area contributed by atoms with Crippen LogP contribution in [0.5, 0.6) is 0 Å². The van der Waals surface area contributed by atoms with Crippen molar-refractivity contribution in [2.45, 2.75) is 33.2 Å². The van der Waals surface area contributed by atoms with Crippen molar-refractivity contribution in [3.63, 3.8) is 0 Å². The Morgan fingerprint density at radius 1 is 1.44 bits per heavy atom. The van der Waals surface area contributed by atoms with E-state index in [9.17, 15) is 4.79 Å². The first-order valence-electron chi connectivity index (χ1n) is 3.17. The highest BCUT2D eigenvalue weighted by Gasteiger charge is 2.17. The molecule has 0 aromatic carbocycles. The van der Waals surface area contributed by atoms with Gasteiger partial charge in [0.1, 0.15) is 0 Å². The monoisotopic (exact) mass is 128 g/mol. The standard InChI is InChI=1S/C7H14NO/c1-5-8(6-9)7(2,3)4/h5H2,1-4H3. The molecule has 0 rings (SSSR count). The van der Waals surface area contributed by atoms with Gasteiger partial charge in [0.2, 0.25) is 0 Å². The molecule has 0 atom stereocenters. The fourth-order valence-corrected chi connectivity index (χ4v) is 0.676. The van der Waals surface area contributed by atoms with Gasteiger partial charge in [-0.25, -0.2) is 0 Å². The lowest BCUT2D eigenvalue weighted by Gasteiger charge is -2.29. The summed E-state index contributed by atoms with van der Waals surface area (Å²) in [5.74, 6) is 0. The zero-order valence-electron chi connectivity index (χ0n) is 6.56. The number of hydrogen-bond donors (Lipinski definition) is 0. The zero-order valence-corrected chi connectivity index (χ0v) is 6.56. The van der Waals surface area contributed by atoms with Crippen LogP contribution in [-0.4, -0.2) is 23.4 Å². The third-order valence-electron chi connectivity index (χ3n) is 1.24. The SMILES string of the molecule is CCN([C]=O)C(C)(C)C. The Morgan fingerprint density at radius 3 is 1.89 bits per heavy atom. The van der Waals surface area contributed by atoms with Crippen LogP contribution in [0, 0.1) is 0 Å². The van der Waals surface area contributed by atoms with Crippen molar-refractivity contribution in [2.75, 3.05) is 6.54 Å². The fraction of sp³-hybridized carbons (Fsp3) is 0.857. The Morgan fingerprint density at radius 2 is 1.89 bits per heavy atom. The van der Waals surface area contributed by atoms with E-state index in [2.05, 4.69) is 0 Å². The van der Waals surface area contributed by atoms with Crippen molar-refractivity contribution in [3.05, 3.63) is 0 Å². The van der Waals surface area contributed by atoms with Crippen molar-refractivity contribution in [2.24, 2.45) is 0 Å². The summed E-state index contributed by atoms with van der Waals surface area (Å²) in [5, 5.41) is 0. The Balaban J connectivity index is 3.94. The van der Waals surface area contributed by atoms with Crippen LogP contribution in [-0.2, 0) is 4.79 Å². The molecule has 0 spiro atoms. The van der Waals surface area contributed by atoms with Crippen LogP contribution in [0.25, 0.3) is 0 Å². The van der Waals surface area contributed by atoms with E-state index in [4.69, 9.17) is 0 Å². The quantitative estimate of drug-likeness (QED) is 0.511. The number of carbonyl (C=O) groups excluding carboxylic acids is 1. The highest BCUT2D eigenvalue weighted by Crippen LogP contribution is 2.08. The van der Waals surface area contributed by atoms with E-state index in [1.54, 1.807) is 4.90 Å². The average Bonchev–Trinajstić information content (AvgIpc) is 1.65. The Kier molecular flexibility index (Phi) is 2.68. The maximum absolute atomic E-state index is 10.2. The van der Waals surface area contributed by atoms with Crippen LogP contribution in [0.3, 0.4) is 0 Å². The molecule has 2 heteroatoms. The average molecular weight is 128 g/mol. The molecule has 0 fully saturated rings. The molecule has 0 unspecified atom stereocenters. The lowest BCUT2D eigenvalue weighted by molar-refractivity contribution is 0.236. The van der Waals surface area contributed by atoms with E-state index >= 15 is 0 Å². The van der Waals surface area contributed by atoms with Gasteiger partial charge in [-0.05, 0) is 27.7 Å². The van der Waals surface area contributed by atoms with Crippen LogP contribution < -0.4 is 0 Å². The molecule has 0 aliphatic rings. The van der Waals surface area contributed by atoms with Gasteiger partial charge in [-0.15, -0.1) is 0 Å². The van der Waals surface area contributed by atoms with Crippen molar-refractivity contribution in [3.8, 4) is 0 Å². The van der Waals surface area contributed by atoms with Gasteiger partial charge in [-0.1, -0.05) is 0 Å². The number of hydrogen-bond acceptors (Lipinski definition) is 1. The van der Waals surface area contributed by atoms with Crippen LogP contribution in [0.4, 0.5) is 0 Å². The molecule has 1 radical (unpaired) electrons. The van der Waals surface area contributed by atoms with E-state index in [0.29, 0.717) is 0 Å². The topological polar surface area (TPSA) is 20.3 Å². The van der Waals surface area contributed by atoms with E-state index in [1.807, 2.05) is 34.1 Å². The normalized spacial score (nSPS) is 11.1. The van der Waals surface area contributed by atoms with Crippen LogP contribution in [0.1, 0.15) is 27.7 Å². The Hall–Kier alpha value is -0.530. The molecule has 53 valence electrons. The van der Waals surface area contributed by atoms with Gasteiger partial charge < -0.3 is 4.90 Å². The summed E-state index contributed by atoms with van der Waals surface area (Å²) < 4.78 is 0. The van der Waals surface area contributed by atoms with E-state index < -0.39 is 0 Å². The first-order chi connectivity index (χ1) is 4.02. The molecule has 1 amide bonds. The Labute approximate surface area is 56.9 Å². The van der Waals surface area contributed by atoms with Crippen LogP contribution in [0.2, 0.25) is 0 Å². The Bertz CT molecular complexity index is 93.6. The van der Waals surface area contributed by atoms with Gasteiger partial charge in [0.15, 0.2) is 0 Å². The number of rotatable bonds is 2. The van der Waals surface area contributed by atoms with E-state index in [1.165, 1.54) is 0 Å². The predicted octanol–water partition coefficient (Wildman–Crippen LogP) is 1.17. The minimum Gasteiger partial charge on any atom is -0.330 e. The maximum atomic E-state index is 10.2. The summed E-state index contributed by atoms with van der Waals surface area (Å²) in [6.07, 6.45) is 1.88. The summed E-state index contributed by atoms with van der Waals surface area (Å²) in [4.78, 5) is 11.8. The molecule has 0 saturated carbocycles. The lowest BCUT2D eigenvalue weighted by Crippen LogP contribution is -2.39. The molecule has 0 aliphatic carbocycles. The molecule has 9 heavy (non-hydrogen) atoms. The number of nitrogens with zero attached hydrogens (tertiary/aromatic N) is 1. The molecular formula is C7H14NO. The summed E-state index contributed by atoms with van der Waals surface area (Å²) >= 11 is 0. The second kappa shape index (κ2) is 2.85. The fourth-order valence-electron chi connectivity index (χ4n) is 0.676. The summed E-state index contributed by atoms with van der Waals surface area (Å²) in [6.45, 7) is 8.63. The second-order valence-corrected chi connectivity index (χ2v) is 3.01. The molecule has 0 heterocycles. The highest BCUT2D eigenvalue weighted by atomic mass is 16.1. The van der Waals surface area contributed by atoms with Gasteiger partial charge in [0.05, 0.1) is 0 Å². The molecule has 0 aliphatic heterocycles. The summed E-state index contributed by atoms with van der Waals surface area (Å²) in [5.41, 5.74) is -0.0729. The first-order valence-corrected chi connectivity index (χ1v) is 3.17. The van der Waals surface area contributed by atoms with Gasteiger partial charge in [-0.3, -0.25) is 4.79 Å². The second-order valence-electron chi connectivity index (χ2n) is 3.01. The van der Waals surface area contributed by atoms with E-state index in [0.717, 1.165) is 6.54 Å². The van der Waals surface area contributed by atoms with Crippen molar-refractivity contribution >= 4 is 6.41 Å². The minimum absolute atomic E-state index is 0.0729. The molecule has 0 aromatic heterocycles. The third-order valence-corrected chi connectivity index (χ3v) is 1.24. The van der Waals surface area contributed by atoms with Gasteiger partial charge in [0.25, 0.3) is 0 Å². The van der Waals surface area contributed by atoms with Crippen LogP contribution >= 0.6 is 0 Å². The summed E-state index contributed by atoms with van der Waals surface area (Å²) in [7, 11) is 0. The summed E-state index contributed by atoms with van der Waals surface area (Å²) in [6, 6.07) is 0. The van der Waals surface area contributed by atoms with Gasteiger partial charge in [0, 0.05) is 12.1 Å². The molecule has 0 bridgehead atoms. The van der Waals surface area contributed by atoms with E-state index in [-0.39, 0.29) is 5.54 Å². The number of amides is 1. The molecule has 0 aromatic rings. The zero-order chi connectivity index (χ0) is 7.49. The molecular weight excluding hydrogens is 114 g/mol. The maximum Gasteiger partial charge on any atom is 0.312 e.